The second kappa shape index (κ2) is 13.7. The number of carbonyl (C=O) groups excluding carboxylic acids is 3. The zero-order chi connectivity index (χ0) is 27.9. The van der Waals surface area contributed by atoms with Crippen LogP contribution in [0.25, 0.3) is 0 Å². The highest BCUT2D eigenvalue weighted by Gasteiger charge is 2.28. The number of thioether (sulfide) groups is 1. The van der Waals surface area contributed by atoms with Crippen LogP contribution >= 0.6 is 46.3 Å². The summed E-state index contributed by atoms with van der Waals surface area (Å²) in [6.07, 6.45) is 5.54. The van der Waals surface area contributed by atoms with Crippen LogP contribution in [0.2, 0.25) is 10.0 Å². The van der Waals surface area contributed by atoms with E-state index in [1.807, 2.05) is 25.1 Å². The van der Waals surface area contributed by atoms with Gasteiger partial charge in [0.1, 0.15) is 5.00 Å². The molecule has 10 heteroatoms. The lowest BCUT2D eigenvalue weighted by atomic mass is 10.1. The molecule has 4 rings (SSSR count). The molecule has 2 aromatic carbocycles. The van der Waals surface area contributed by atoms with Gasteiger partial charge in [0.15, 0.2) is 0 Å². The number of hydrogen-bond donors (Lipinski definition) is 2. The van der Waals surface area contributed by atoms with Crippen molar-refractivity contribution in [1.82, 2.24) is 0 Å². The molecule has 1 atom stereocenters. The van der Waals surface area contributed by atoms with Crippen molar-refractivity contribution in [2.24, 2.45) is 0 Å². The van der Waals surface area contributed by atoms with E-state index in [0.29, 0.717) is 33.3 Å². The third-order valence-electron chi connectivity index (χ3n) is 6.35. The minimum absolute atomic E-state index is 0.174. The zero-order valence-electron chi connectivity index (χ0n) is 21.8. The molecule has 0 bridgehead atoms. The number of esters is 1. The summed E-state index contributed by atoms with van der Waals surface area (Å²) in [5.74, 6) is -0.906. The van der Waals surface area contributed by atoms with E-state index in [9.17, 15) is 14.4 Å². The summed E-state index contributed by atoms with van der Waals surface area (Å²) in [6.45, 7) is 4.01. The van der Waals surface area contributed by atoms with Gasteiger partial charge in [-0.2, -0.15) is 0 Å². The number of fused-ring (bicyclic) bond motifs is 1. The Morgan fingerprint density at radius 3 is 2.56 bits per heavy atom. The molecule has 39 heavy (non-hydrogen) atoms. The van der Waals surface area contributed by atoms with Crippen LogP contribution in [-0.2, 0) is 22.4 Å². The van der Waals surface area contributed by atoms with E-state index in [1.54, 1.807) is 25.1 Å². The summed E-state index contributed by atoms with van der Waals surface area (Å²) in [7, 11) is 0. The first kappa shape index (κ1) is 29.5. The summed E-state index contributed by atoms with van der Waals surface area (Å²) >= 11 is 15.0. The van der Waals surface area contributed by atoms with Gasteiger partial charge in [-0.05, 0) is 81.0 Å². The number of hydrogen-bond acceptors (Lipinski definition) is 6. The first-order valence-electron chi connectivity index (χ1n) is 13.0. The molecule has 2 N–H and O–H groups in total. The molecule has 1 aromatic heterocycles. The van der Waals surface area contributed by atoms with E-state index < -0.39 is 5.25 Å². The summed E-state index contributed by atoms with van der Waals surface area (Å²) < 4.78 is 5.35. The highest BCUT2D eigenvalue weighted by atomic mass is 35.5. The largest absolute Gasteiger partial charge is 0.462 e. The van der Waals surface area contributed by atoms with Crippen LogP contribution in [0.5, 0.6) is 0 Å². The molecule has 2 amide bonds. The van der Waals surface area contributed by atoms with Gasteiger partial charge in [-0.3, -0.25) is 9.59 Å². The minimum Gasteiger partial charge on any atom is -0.462 e. The number of amides is 2. The van der Waals surface area contributed by atoms with Crippen LogP contribution in [0, 0.1) is 0 Å². The van der Waals surface area contributed by atoms with E-state index in [-0.39, 0.29) is 29.4 Å². The average Bonchev–Trinajstić information content (AvgIpc) is 3.07. The van der Waals surface area contributed by atoms with Crippen molar-refractivity contribution < 1.29 is 19.1 Å². The summed E-state index contributed by atoms with van der Waals surface area (Å²) in [5.41, 5.74) is 2.43. The second-order valence-electron chi connectivity index (χ2n) is 9.10. The summed E-state index contributed by atoms with van der Waals surface area (Å²) in [4.78, 5) is 41.0. The third kappa shape index (κ3) is 7.37. The molecule has 1 aliphatic carbocycles. The number of halogens is 2. The van der Waals surface area contributed by atoms with Crippen LogP contribution in [0.1, 0.15) is 70.7 Å². The summed E-state index contributed by atoms with van der Waals surface area (Å²) in [5, 5.41) is 6.78. The molecule has 1 aliphatic rings. The van der Waals surface area contributed by atoms with Crippen LogP contribution in [0.4, 0.5) is 10.7 Å². The smallest absolute Gasteiger partial charge is 0.341 e. The van der Waals surface area contributed by atoms with E-state index in [2.05, 4.69) is 10.6 Å². The molecule has 3 aromatic rings. The number of benzene rings is 2. The Hall–Kier alpha value is -2.52. The lowest BCUT2D eigenvalue weighted by Crippen LogP contribution is -2.25. The van der Waals surface area contributed by atoms with Gasteiger partial charge < -0.3 is 15.4 Å². The van der Waals surface area contributed by atoms with E-state index in [4.69, 9.17) is 27.9 Å². The van der Waals surface area contributed by atoms with Gasteiger partial charge in [-0.1, -0.05) is 42.6 Å². The van der Waals surface area contributed by atoms with Gasteiger partial charge in [-0.15, -0.1) is 23.1 Å². The number of carbonyl (C=O) groups is 3. The molecule has 0 saturated heterocycles. The SMILES string of the molecule is CCOC(=O)c1c(NC(=O)C(CC)Sc2cccc(NC(=O)c3ccc(Cl)cc3Cl)c2)sc2c1CCCCC2. The van der Waals surface area contributed by atoms with Gasteiger partial charge in [-0.25, -0.2) is 4.79 Å². The zero-order valence-corrected chi connectivity index (χ0v) is 24.9. The Kier molecular flexibility index (Phi) is 10.4. The molecule has 0 radical (unpaired) electrons. The molecule has 1 heterocycles. The van der Waals surface area contributed by atoms with Crippen molar-refractivity contribution in [3.63, 3.8) is 0 Å². The van der Waals surface area contributed by atoms with Gasteiger partial charge in [0.25, 0.3) is 5.91 Å². The van der Waals surface area contributed by atoms with Gasteiger partial charge in [0.05, 0.1) is 28.0 Å². The van der Waals surface area contributed by atoms with Gasteiger partial charge in [0, 0.05) is 20.5 Å². The lowest BCUT2D eigenvalue weighted by Gasteiger charge is -2.16. The van der Waals surface area contributed by atoms with Gasteiger partial charge >= 0.3 is 5.97 Å². The number of aryl methyl sites for hydroxylation is 1. The lowest BCUT2D eigenvalue weighted by molar-refractivity contribution is -0.115. The maximum Gasteiger partial charge on any atom is 0.341 e. The predicted molar refractivity (Wildman–Crippen MR) is 161 cm³/mol. The highest BCUT2D eigenvalue weighted by molar-refractivity contribution is 8.00. The van der Waals surface area contributed by atoms with Gasteiger partial charge in [0.2, 0.25) is 5.91 Å². The normalized spacial score (nSPS) is 13.6. The van der Waals surface area contributed by atoms with Crippen LogP contribution in [-0.4, -0.2) is 29.6 Å². The standard InChI is InChI=1S/C29H30Cl2N2O4S2/c1-3-23(27(35)33-28-25(29(36)37-4-2)21-11-6-5-7-12-24(21)39-28)38-19-10-8-9-18(16-19)32-26(34)20-14-13-17(30)15-22(20)31/h8-10,13-16,23H,3-7,11-12H2,1-2H3,(H,32,34)(H,33,35). The predicted octanol–water partition coefficient (Wildman–Crippen LogP) is 8.26. The fraction of sp³-hybridized carbons (Fsp3) is 0.345. The number of nitrogens with one attached hydrogen (secondary N) is 2. The van der Waals surface area contributed by atoms with Crippen LogP contribution in [0.15, 0.2) is 47.4 Å². The quantitative estimate of drug-likeness (QED) is 0.146. The molecule has 206 valence electrons. The Labute approximate surface area is 246 Å². The van der Waals surface area contributed by atoms with E-state index in [0.717, 1.165) is 47.4 Å². The fourth-order valence-corrected chi connectivity index (χ4v) is 7.24. The average molecular weight is 606 g/mol. The Bertz CT molecular complexity index is 1380. The molecule has 0 saturated carbocycles. The number of ether oxygens (including phenoxy) is 1. The van der Waals surface area contributed by atoms with Crippen molar-refractivity contribution in [1.29, 1.82) is 0 Å². The van der Waals surface area contributed by atoms with Crippen molar-refractivity contribution in [2.45, 2.75) is 62.5 Å². The van der Waals surface area contributed by atoms with E-state index >= 15 is 0 Å². The molecular weight excluding hydrogens is 575 g/mol. The van der Waals surface area contributed by atoms with Crippen molar-refractivity contribution in [2.75, 3.05) is 17.2 Å². The Morgan fingerprint density at radius 1 is 1.03 bits per heavy atom. The van der Waals surface area contributed by atoms with Crippen molar-refractivity contribution in [3.8, 4) is 0 Å². The van der Waals surface area contributed by atoms with Crippen LogP contribution < -0.4 is 10.6 Å². The van der Waals surface area contributed by atoms with Crippen LogP contribution in [0.3, 0.4) is 0 Å². The molecule has 1 unspecified atom stereocenters. The minimum atomic E-state index is -0.404. The monoisotopic (exact) mass is 604 g/mol. The topological polar surface area (TPSA) is 84.5 Å². The van der Waals surface area contributed by atoms with E-state index in [1.165, 1.54) is 29.2 Å². The maximum atomic E-state index is 13.4. The summed E-state index contributed by atoms with van der Waals surface area (Å²) in [6, 6.07) is 12.0. The number of rotatable bonds is 9. The number of thiophene rings is 1. The molecular formula is C29H30Cl2N2O4S2. The second-order valence-corrected chi connectivity index (χ2v) is 12.3. The Morgan fingerprint density at radius 2 is 1.82 bits per heavy atom. The Balaban J connectivity index is 1.48. The molecule has 6 nitrogen and oxygen atoms in total. The third-order valence-corrected chi connectivity index (χ3v) is 9.46. The molecule has 0 spiro atoms. The molecule has 0 fully saturated rings. The number of anilines is 2. The fourth-order valence-electron chi connectivity index (χ4n) is 4.45. The first-order chi connectivity index (χ1) is 18.8. The molecule has 0 aliphatic heterocycles. The maximum absolute atomic E-state index is 13.4. The first-order valence-corrected chi connectivity index (χ1v) is 15.4. The van der Waals surface area contributed by atoms with Crippen molar-refractivity contribution >= 4 is 74.8 Å². The van der Waals surface area contributed by atoms with Crippen molar-refractivity contribution in [3.05, 3.63) is 74.1 Å². The highest BCUT2D eigenvalue weighted by Crippen LogP contribution is 2.39.